The molecule has 0 spiro atoms. The number of carbonyl (C=O) groups excluding carboxylic acids is 2. The fraction of sp³-hybridized carbons (Fsp3) is 0.429. The largest absolute Gasteiger partial charge is 0.337 e. The molecule has 1 aromatic rings. The Morgan fingerprint density at radius 1 is 1.42 bits per heavy atom. The third-order valence-electron chi connectivity index (χ3n) is 3.51. The molecule has 0 bridgehead atoms. The number of hydrogen-bond donors (Lipinski definition) is 0. The zero-order valence-corrected chi connectivity index (χ0v) is 11.1. The number of carbonyl (C=O) groups is 2. The first-order chi connectivity index (χ1) is 9.00. The zero-order chi connectivity index (χ0) is 14.0. The van der Waals surface area contributed by atoms with E-state index in [2.05, 4.69) is 0 Å². The van der Waals surface area contributed by atoms with Gasteiger partial charge in [0.15, 0.2) is 0 Å². The first kappa shape index (κ1) is 13.5. The van der Waals surface area contributed by atoms with Crippen molar-refractivity contribution in [2.45, 2.75) is 19.4 Å². The average molecular weight is 264 g/mol. The topological polar surface area (TPSA) is 40.6 Å². The Kier molecular flexibility index (Phi) is 3.83. The highest BCUT2D eigenvalue weighted by Gasteiger charge is 2.35. The minimum absolute atomic E-state index is 0.0420. The number of likely N-dealkylation sites (tertiary alicyclic amines) is 1. The maximum atomic E-state index is 13.7. The molecule has 0 radical (unpaired) electrons. The second kappa shape index (κ2) is 5.38. The summed E-state index contributed by atoms with van der Waals surface area (Å²) in [5.74, 6) is -0.585. The maximum absolute atomic E-state index is 13.7. The van der Waals surface area contributed by atoms with Crippen LogP contribution in [0.4, 0.5) is 4.39 Å². The molecule has 1 aliphatic rings. The van der Waals surface area contributed by atoms with Crippen LogP contribution in [0.2, 0.25) is 0 Å². The maximum Gasteiger partial charge on any atom is 0.242 e. The summed E-state index contributed by atoms with van der Waals surface area (Å²) in [7, 11) is 1.58. The van der Waals surface area contributed by atoms with Crippen LogP contribution in [0, 0.1) is 5.82 Å². The molecule has 2 rings (SSSR count). The van der Waals surface area contributed by atoms with Crippen LogP contribution in [0.3, 0.4) is 0 Å². The van der Waals surface area contributed by atoms with Gasteiger partial charge in [-0.25, -0.2) is 4.39 Å². The van der Waals surface area contributed by atoms with Crippen LogP contribution < -0.4 is 0 Å². The van der Waals surface area contributed by atoms with Crippen LogP contribution >= 0.6 is 0 Å². The van der Waals surface area contributed by atoms with Crippen molar-refractivity contribution in [2.24, 2.45) is 0 Å². The fourth-order valence-corrected chi connectivity index (χ4v) is 2.16. The Labute approximate surface area is 111 Å². The van der Waals surface area contributed by atoms with E-state index < -0.39 is 0 Å². The molecule has 5 heteroatoms. The Balaban J connectivity index is 2.05. The van der Waals surface area contributed by atoms with Gasteiger partial charge in [-0.2, -0.15) is 0 Å². The lowest BCUT2D eigenvalue weighted by molar-refractivity contribution is -0.144. The summed E-state index contributed by atoms with van der Waals surface area (Å²) in [6.45, 7) is 2.07. The third-order valence-corrected chi connectivity index (χ3v) is 3.51. The Bertz CT molecular complexity index is 504. The van der Waals surface area contributed by atoms with Crippen LogP contribution in [-0.2, 0) is 9.59 Å². The second-order valence-corrected chi connectivity index (χ2v) is 4.79. The van der Waals surface area contributed by atoms with Crippen molar-refractivity contribution in [3.05, 3.63) is 35.6 Å². The van der Waals surface area contributed by atoms with Crippen molar-refractivity contribution < 1.29 is 14.0 Å². The van der Waals surface area contributed by atoms with Crippen LogP contribution in [0.15, 0.2) is 24.3 Å². The van der Waals surface area contributed by atoms with Gasteiger partial charge in [-0.05, 0) is 12.5 Å². The summed E-state index contributed by atoms with van der Waals surface area (Å²) < 4.78 is 13.7. The molecule has 0 N–H and O–H groups in total. The molecule has 1 unspecified atom stereocenters. The lowest BCUT2D eigenvalue weighted by atomic mass is 9.94. The van der Waals surface area contributed by atoms with Crippen molar-refractivity contribution in [2.75, 3.05) is 20.1 Å². The summed E-state index contributed by atoms with van der Waals surface area (Å²) in [5.41, 5.74) is 0.549. The van der Waals surface area contributed by atoms with Crippen molar-refractivity contribution in [3.63, 3.8) is 0 Å². The van der Waals surface area contributed by atoms with E-state index in [4.69, 9.17) is 0 Å². The van der Waals surface area contributed by atoms with Crippen molar-refractivity contribution in [1.29, 1.82) is 0 Å². The molecule has 0 aromatic heterocycles. The van der Waals surface area contributed by atoms with E-state index in [0.717, 1.165) is 6.42 Å². The minimum Gasteiger partial charge on any atom is -0.337 e. The number of nitrogens with zero attached hydrogens (tertiary/aromatic N) is 2. The first-order valence-electron chi connectivity index (χ1n) is 6.26. The molecule has 19 heavy (non-hydrogen) atoms. The number of likely N-dealkylation sites (N-methyl/N-ethyl adjacent to an activating group) is 1. The van der Waals surface area contributed by atoms with Gasteiger partial charge < -0.3 is 9.80 Å². The van der Waals surface area contributed by atoms with Gasteiger partial charge in [0.05, 0.1) is 12.6 Å². The van der Waals surface area contributed by atoms with Crippen LogP contribution in [-0.4, -0.2) is 41.8 Å². The normalized spacial score (nSPS) is 17.8. The fourth-order valence-electron chi connectivity index (χ4n) is 2.16. The van der Waals surface area contributed by atoms with Crippen molar-refractivity contribution >= 4 is 11.8 Å². The lowest BCUT2D eigenvalue weighted by Crippen LogP contribution is -2.49. The third kappa shape index (κ3) is 2.75. The minimum atomic E-state index is -0.287. The predicted octanol–water partition coefficient (Wildman–Crippen LogP) is 1.58. The monoisotopic (exact) mass is 264 g/mol. The SMILES string of the molecule is CC(=O)N(C)CC(=O)N1CCC1c1ccccc1F. The molecule has 1 heterocycles. The highest BCUT2D eigenvalue weighted by atomic mass is 19.1. The number of halogens is 1. The molecule has 0 aliphatic carbocycles. The smallest absolute Gasteiger partial charge is 0.242 e. The summed E-state index contributed by atoms with van der Waals surface area (Å²) in [6, 6.07) is 6.30. The molecule has 4 nitrogen and oxygen atoms in total. The Morgan fingerprint density at radius 3 is 2.63 bits per heavy atom. The molecule has 102 valence electrons. The van der Waals surface area contributed by atoms with E-state index in [-0.39, 0.29) is 30.2 Å². The molecular formula is C14H17FN2O2. The van der Waals surface area contributed by atoms with E-state index in [1.807, 2.05) is 0 Å². The van der Waals surface area contributed by atoms with E-state index >= 15 is 0 Å². The quantitative estimate of drug-likeness (QED) is 0.831. The first-order valence-corrected chi connectivity index (χ1v) is 6.26. The molecule has 1 fully saturated rings. The van der Waals surface area contributed by atoms with E-state index in [1.54, 1.807) is 30.1 Å². The van der Waals surface area contributed by atoms with Crippen LogP contribution in [0.1, 0.15) is 24.9 Å². The van der Waals surface area contributed by atoms with Crippen LogP contribution in [0.25, 0.3) is 0 Å². The van der Waals surface area contributed by atoms with Gasteiger partial charge >= 0.3 is 0 Å². The lowest BCUT2D eigenvalue weighted by Gasteiger charge is -2.42. The summed E-state index contributed by atoms with van der Waals surface area (Å²) in [6.07, 6.45) is 0.760. The summed E-state index contributed by atoms with van der Waals surface area (Å²) >= 11 is 0. The second-order valence-electron chi connectivity index (χ2n) is 4.79. The molecular weight excluding hydrogens is 247 g/mol. The zero-order valence-electron chi connectivity index (χ0n) is 11.1. The summed E-state index contributed by atoms with van der Waals surface area (Å²) in [4.78, 5) is 26.1. The van der Waals surface area contributed by atoms with Crippen molar-refractivity contribution in [1.82, 2.24) is 9.80 Å². The van der Waals surface area contributed by atoms with Crippen molar-refractivity contribution in [3.8, 4) is 0 Å². The van der Waals surface area contributed by atoms with E-state index in [0.29, 0.717) is 12.1 Å². The molecule has 1 aromatic carbocycles. The van der Waals surface area contributed by atoms with E-state index in [1.165, 1.54) is 17.9 Å². The molecule has 1 aliphatic heterocycles. The number of benzene rings is 1. The van der Waals surface area contributed by atoms with Gasteiger partial charge in [-0.1, -0.05) is 18.2 Å². The molecule has 2 amide bonds. The predicted molar refractivity (Wildman–Crippen MR) is 68.8 cm³/mol. The molecule has 1 atom stereocenters. The number of hydrogen-bond acceptors (Lipinski definition) is 2. The van der Waals surface area contributed by atoms with Crippen LogP contribution in [0.5, 0.6) is 0 Å². The number of amides is 2. The summed E-state index contributed by atoms with van der Waals surface area (Å²) in [5, 5.41) is 0. The average Bonchev–Trinajstić information content (AvgIpc) is 2.30. The van der Waals surface area contributed by atoms with Gasteiger partial charge in [-0.3, -0.25) is 9.59 Å². The highest BCUT2D eigenvalue weighted by Crippen LogP contribution is 2.34. The standard InChI is InChI=1S/C14H17FN2O2/c1-10(18)16(2)9-14(19)17-8-7-13(17)11-5-3-4-6-12(11)15/h3-6,13H,7-9H2,1-2H3. The van der Waals surface area contributed by atoms with Gasteiger partial charge in [0.25, 0.3) is 0 Å². The number of rotatable bonds is 3. The Morgan fingerprint density at radius 2 is 2.11 bits per heavy atom. The molecule has 1 saturated heterocycles. The van der Waals surface area contributed by atoms with Gasteiger partial charge in [0, 0.05) is 26.1 Å². The van der Waals surface area contributed by atoms with Gasteiger partial charge in [0.2, 0.25) is 11.8 Å². The Hall–Kier alpha value is -1.91. The van der Waals surface area contributed by atoms with Gasteiger partial charge in [-0.15, -0.1) is 0 Å². The highest BCUT2D eigenvalue weighted by molar-refractivity contribution is 5.84. The molecule has 0 saturated carbocycles. The van der Waals surface area contributed by atoms with E-state index in [9.17, 15) is 14.0 Å². The van der Waals surface area contributed by atoms with Gasteiger partial charge in [0.1, 0.15) is 5.82 Å².